The smallest absolute Gasteiger partial charge is 0.266 e. The number of ether oxygens (including phenoxy) is 1. The number of hydrogen-bond donors (Lipinski definition) is 1. The molecule has 2 N–H and O–H groups in total. The summed E-state index contributed by atoms with van der Waals surface area (Å²) in [6, 6.07) is 5.90. The summed E-state index contributed by atoms with van der Waals surface area (Å²) in [5, 5.41) is 5.24. The average molecular weight is 394 g/mol. The van der Waals surface area contributed by atoms with E-state index >= 15 is 0 Å². The number of aromatic nitrogens is 4. The topological polar surface area (TPSA) is 99.2 Å². The largest absolute Gasteiger partial charge is 0.396 e. The van der Waals surface area contributed by atoms with Crippen LogP contribution in [0.5, 0.6) is 0 Å². The highest BCUT2D eigenvalue weighted by atomic mass is 32.1. The molecular weight excluding hydrogens is 376 g/mol. The fourth-order valence-electron chi connectivity index (χ4n) is 3.40. The number of carbonyl (C=O) groups excluding carboxylic acids is 1. The molecule has 0 unspecified atom stereocenters. The maximum Gasteiger partial charge on any atom is 0.266 e. The van der Waals surface area contributed by atoms with E-state index in [2.05, 4.69) is 10.1 Å². The lowest BCUT2D eigenvalue weighted by atomic mass is 10.1. The molecule has 1 fully saturated rings. The molecule has 1 aliphatic rings. The van der Waals surface area contributed by atoms with Gasteiger partial charge in [0, 0.05) is 43.5 Å². The highest BCUT2D eigenvalue weighted by Crippen LogP contribution is 2.35. The predicted octanol–water partition coefficient (Wildman–Crippen LogP) is 2.30. The molecule has 0 radical (unpaired) electrons. The van der Waals surface area contributed by atoms with Crippen molar-refractivity contribution in [2.24, 2.45) is 7.05 Å². The molecule has 5 heterocycles. The van der Waals surface area contributed by atoms with Gasteiger partial charge in [0.05, 0.1) is 29.3 Å². The highest BCUT2D eigenvalue weighted by Gasteiger charge is 2.24. The maximum atomic E-state index is 12.8. The summed E-state index contributed by atoms with van der Waals surface area (Å²) >= 11 is 1.39. The standard InChI is InChI=1S/C19H18N6O2S/c1-24-10-12-8-11(9-21-18(12)23-24)13-2-3-14-16(22-13)15(20)17(28-14)19(26)25-4-6-27-7-5-25/h2-3,8-10H,4-7,20H2,1H3. The summed E-state index contributed by atoms with van der Waals surface area (Å²) in [5.41, 5.74) is 9.77. The maximum absolute atomic E-state index is 12.8. The Bertz CT molecular complexity index is 1210. The third-order valence-electron chi connectivity index (χ3n) is 4.83. The summed E-state index contributed by atoms with van der Waals surface area (Å²) in [7, 11) is 1.87. The Kier molecular flexibility index (Phi) is 3.99. The summed E-state index contributed by atoms with van der Waals surface area (Å²) < 4.78 is 7.96. The number of thiophene rings is 1. The van der Waals surface area contributed by atoms with Gasteiger partial charge in [-0.1, -0.05) is 0 Å². The Balaban J connectivity index is 1.55. The van der Waals surface area contributed by atoms with Gasteiger partial charge < -0.3 is 15.4 Å². The summed E-state index contributed by atoms with van der Waals surface area (Å²) in [5.74, 6) is -0.0520. The first-order valence-corrected chi connectivity index (χ1v) is 9.77. The van der Waals surface area contributed by atoms with Crippen LogP contribution in [0.25, 0.3) is 32.5 Å². The molecule has 0 atom stereocenters. The first kappa shape index (κ1) is 17.1. The van der Waals surface area contributed by atoms with E-state index in [9.17, 15) is 4.79 Å². The fourth-order valence-corrected chi connectivity index (χ4v) is 4.43. The van der Waals surface area contributed by atoms with Gasteiger partial charge >= 0.3 is 0 Å². The zero-order valence-corrected chi connectivity index (χ0v) is 16.1. The van der Waals surface area contributed by atoms with Crippen LogP contribution in [-0.4, -0.2) is 56.9 Å². The second-order valence-corrected chi connectivity index (χ2v) is 7.78. The van der Waals surface area contributed by atoms with Crippen LogP contribution in [0.4, 0.5) is 5.69 Å². The minimum atomic E-state index is -0.0520. The van der Waals surface area contributed by atoms with Crippen molar-refractivity contribution < 1.29 is 9.53 Å². The lowest BCUT2D eigenvalue weighted by Gasteiger charge is -2.26. The Morgan fingerprint density at radius 2 is 2.11 bits per heavy atom. The number of carbonyl (C=O) groups is 1. The van der Waals surface area contributed by atoms with Crippen LogP contribution < -0.4 is 5.73 Å². The van der Waals surface area contributed by atoms with E-state index in [1.807, 2.05) is 31.4 Å². The molecule has 4 aromatic rings. The van der Waals surface area contributed by atoms with E-state index in [-0.39, 0.29) is 5.91 Å². The zero-order chi connectivity index (χ0) is 19.3. The molecule has 0 aliphatic carbocycles. The van der Waals surface area contributed by atoms with Gasteiger partial charge in [0.2, 0.25) is 0 Å². The van der Waals surface area contributed by atoms with Crippen LogP contribution in [-0.2, 0) is 11.8 Å². The van der Waals surface area contributed by atoms with Crippen molar-refractivity contribution >= 4 is 44.2 Å². The van der Waals surface area contributed by atoms with Crippen LogP contribution in [0.1, 0.15) is 9.67 Å². The number of aryl methyl sites for hydroxylation is 1. The number of fused-ring (bicyclic) bond motifs is 2. The second-order valence-electron chi connectivity index (χ2n) is 6.73. The minimum Gasteiger partial charge on any atom is -0.396 e. The van der Waals surface area contributed by atoms with E-state index in [1.54, 1.807) is 15.8 Å². The van der Waals surface area contributed by atoms with Gasteiger partial charge in [-0.2, -0.15) is 5.10 Å². The van der Waals surface area contributed by atoms with Crippen molar-refractivity contribution in [1.82, 2.24) is 24.6 Å². The number of morpholine rings is 1. The minimum absolute atomic E-state index is 0.0520. The fraction of sp³-hybridized carbons (Fsp3) is 0.263. The normalized spacial score (nSPS) is 14.8. The Hall–Kier alpha value is -3.04. The molecular formula is C19H18N6O2S. The lowest BCUT2D eigenvalue weighted by molar-refractivity contribution is 0.0307. The molecule has 9 heteroatoms. The summed E-state index contributed by atoms with van der Waals surface area (Å²) in [4.78, 5) is 24.3. The number of nitrogens with zero attached hydrogens (tertiary/aromatic N) is 5. The molecule has 1 amide bonds. The van der Waals surface area contributed by atoms with Crippen molar-refractivity contribution in [2.45, 2.75) is 0 Å². The van der Waals surface area contributed by atoms with E-state index in [0.717, 1.165) is 21.3 Å². The number of rotatable bonds is 2. The van der Waals surface area contributed by atoms with Gasteiger partial charge in [-0.05, 0) is 18.2 Å². The molecule has 142 valence electrons. The Labute approximate surface area is 164 Å². The second kappa shape index (κ2) is 6.54. The average Bonchev–Trinajstić information content (AvgIpc) is 3.26. The zero-order valence-electron chi connectivity index (χ0n) is 15.3. The first-order valence-electron chi connectivity index (χ1n) is 8.96. The number of hydrogen-bond acceptors (Lipinski definition) is 7. The number of nitrogens with two attached hydrogens (primary N) is 1. The van der Waals surface area contributed by atoms with Crippen LogP contribution in [0.2, 0.25) is 0 Å². The number of anilines is 1. The van der Waals surface area contributed by atoms with Gasteiger partial charge in [0.15, 0.2) is 5.65 Å². The molecule has 1 saturated heterocycles. The van der Waals surface area contributed by atoms with Crippen LogP contribution in [0, 0.1) is 0 Å². The molecule has 0 aromatic carbocycles. The number of amides is 1. The molecule has 1 aliphatic heterocycles. The van der Waals surface area contributed by atoms with E-state index in [4.69, 9.17) is 15.5 Å². The SMILES string of the molecule is Cn1cc2cc(-c3ccc4sc(C(=O)N5CCOCC5)c(N)c4n3)cnc2n1. The van der Waals surface area contributed by atoms with Crippen molar-refractivity contribution in [3.63, 3.8) is 0 Å². The van der Waals surface area contributed by atoms with Gasteiger partial charge in [-0.15, -0.1) is 11.3 Å². The monoisotopic (exact) mass is 394 g/mol. The molecule has 28 heavy (non-hydrogen) atoms. The Morgan fingerprint density at radius 1 is 1.29 bits per heavy atom. The van der Waals surface area contributed by atoms with Crippen LogP contribution in [0.15, 0.2) is 30.6 Å². The van der Waals surface area contributed by atoms with Crippen molar-refractivity contribution in [2.75, 3.05) is 32.0 Å². The van der Waals surface area contributed by atoms with Crippen molar-refractivity contribution in [3.8, 4) is 11.3 Å². The lowest BCUT2D eigenvalue weighted by Crippen LogP contribution is -2.40. The predicted molar refractivity (Wildman–Crippen MR) is 108 cm³/mol. The van der Waals surface area contributed by atoms with Crippen molar-refractivity contribution in [3.05, 3.63) is 35.5 Å². The van der Waals surface area contributed by atoms with Gasteiger partial charge in [-0.25, -0.2) is 9.97 Å². The van der Waals surface area contributed by atoms with E-state index in [1.165, 1.54) is 11.3 Å². The number of nitrogen functional groups attached to an aromatic ring is 1. The third kappa shape index (κ3) is 2.79. The quantitative estimate of drug-likeness (QED) is 0.560. The van der Waals surface area contributed by atoms with E-state index in [0.29, 0.717) is 48.0 Å². The molecule has 4 aromatic heterocycles. The summed E-state index contributed by atoms with van der Waals surface area (Å²) in [6.07, 6.45) is 3.67. The van der Waals surface area contributed by atoms with Crippen molar-refractivity contribution in [1.29, 1.82) is 0 Å². The van der Waals surface area contributed by atoms with Gasteiger partial charge in [0.1, 0.15) is 10.4 Å². The van der Waals surface area contributed by atoms with E-state index < -0.39 is 0 Å². The van der Waals surface area contributed by atoms with Crippen LogP contribution in [0.3, 0.4) is 0 Å². The Morgan fingerprint density at radius 3 is 2.93 bits per heavy atom. The molecule has 5 rings (SSSR count). The van der Waals surface area contributed by atoms with Crippen LogP contribution >= 0.6 is 11.3 Å². The molecule has 0 spiro atoms. The molecule has 0 saturated carbocycles. The van der Waals surface area contributed by atoms with Gasteiger partial charge in [0.25, 0.3) is 5.91 Å². The first-order chi connectivity index (χ1) is 13.6. The highest BCUT2D eigenvalue weighted by molar-refractivity contribution is 7.21. The third-order valence-corrected chi connectivity index (χ3v) is 5.98. The number of pyridine rings is 2. The summed E-state index contributed by atoms with van der Waals surface area (Å²) in [6.45, 7) is 2.29. The van der Waals surface area contributed by atoms with Gasteiger partial charge in [-0.3, -0.25) is 9.48 Å². The molecule has 8 nitrogen and oxygen atoms in total. The molecule has 0 bridgehead atoms.